The Morgan fingerprint density at radius 3 is 2.54 bits per heavy atom. The Bertz CT molecular complexity index is 693. The number of amides is 2. The molecule has 1 atom stereocenters. The van der Waals surface area contributed by atoms with Crippen LogP contribution in [0.25, 0.3) is 0 Å². The molecular formula is C16H19F3N2O5. The average molecular weight is 376 g/mol. The average Bonchev–Trinajstić information content (AvgIpc) is 2.52. The number of methoxy groups -OCH3 is 1. The highest BCUT2D eigenvalue weighted by Crippen LogP contribution is 2.38. The number of halogens is 3. The number of nitrogens with zero attached hydrogens (tertiary/aromatic N) is 1. The summed E-state index contributed by atoms with van der Waals surface area (Å²) < 4.78 is 47.2. The van der Waals surface area contributed by atoms with Crippen molar-refractivity contribution >= 4 is 11.8 Å². The smallest absolute Gasteiger partial charge is 0.493 e. The molecule has 10 heteroatoms. The summed E-state index contributed by atoms with van der Waals surface area (Å²) in [7, 11) is 1.22. The normalized spacial score (nSPS) is 16.7. The van der Waals surface area contributed by atoms with Crippen LogP contribution in [0, 0.1) is 0 Å². The summed E-state index contributed by atoms with van der Waals surface area (Å²) in [5.74, 6) is -2.08. The standard InChI is InChI=1S/C16H19F3N2O5/c1-3-4-9-7-10(8-12(13(9)25-2)26-16(17,18)19)15(23)21-6-5-11(21)14(22)20-24/h7-8,11,24H,3-6H2,1-2H3,(H,20,22)/t11-/m1/s1. The third-order valence-corrected chi connectivity index (χ3v) is 4.02. The molecule has 0 radical (unpaired) electrons. The van der Waals surface area contributed by atoms with Crippen molar-refractivity contribution in [3.63, 3.8) is 0 Å². The molecule has 0 saturated carbocycles. The van der Waals surface area contributed by atoms with E-state index in [1.54, 1.807) is 0 Å². The molecule has 7 nitrogen and oxygen atoms in total. The Hall–Kier alpha value is -2.49. The molecule has 0 aromatic heterocycles. The molecule has 26 heavy (non-hydrogen) atoms. The molecular weight excluding hydrogens is 357 g/mol. The van der Waals surface area contributed by atoms with Gasteiger partial charge in [-0.05, 0) is 30.5 Å². The number of alkyl halides is 3. The first-order chi connectivity index (χ1) is 12.2. The molecule has 1 heterocycles. The topological polar surface area (TPSA) is 88.1 Å². The fourth-order valence-corrected chi connectivity index (χ4v) is 2.81. The van der Waals surface area contributed by atoms with Gasteiger partial charge in [0.2, 0.25) is 0 Å². The fraction of sp³-hybridized carbons (Fsp3) is 0.500. The maximum absolute atomic E-state index is 12.7. The van der Waals surface area contributed by atoms with Gasteiger partial charge >= 0.3 is 6.36 Å². The molecule has 1 aromatic carbocycles. The van der Waals surface area contributed by atoms with Gasteiger partial charge < -0.3 is 14.4 Å². The number of hydroxylamine groups is 1. The van der Waals surface area contributed by atoms with Crippen molar-refractivity contribution in [3.8, 4) is 11.5 Å². The van der Waals surface area contributed by atoms with E-state index < -0.39 is 30.0 Å². The number of hydrogen-bond acceptors (Lipinski definition) is 5. The van der Waals surface area contributed by atoms with Gasteiger partial charge in [-0.15, -0.1) is 13.2 Å². The maximum atomic E-state index is 12.7. The Balaban J connectivity index is 2.41. The van der Waals surface area contributed by atoms with Crippen molar-refractivity contribution in [2.24, 2.45) is 0 Å². The summed E-state index contributed by atoms with van der Waals surface area (Å²) in [6, 6.07) is 1.51. The van der Waals surface area contributed by atoms with Crippen molar-refractivity contribution in [2.45, 2.75) is 38.6 Å². The lowest BCUT2D eigenvalue weighted by Crippen LogP contribution is -2.57. The van der Waals surface area contributed by atoms with Gasteiger partial charge in [-0.2, -0.15) is 0 Å². The van der Waals surface area contributed by atoms with Gasteiger partial charge in [0.25, 0.3) is 11.8 Å². The van der Waals surface area contributed by atoms with Gasteiger partial charge in [0.05, 0.1) is 7.11 Å². The van der Waals surface area contributed by atoms with E-state index in [4.69, 9.17) is 9.94 Å². The monoisotopic (exact) mass is 376 g/mol. The highest BCUT2D eigenvalue weighted by Gasteiger charge is 2.39. The Morgan fingerprint density at radius 1 is 1.38 bits per heavy atom. The number of likely N-dealkylation sites (tertiary alicyclic amines) is 1. The SMILES string of the molecule is CCCc1cc(C(=O)N2CC[C@@H]2C(=O)NO)cc(OC(F)(F)F)c1OC. The lowest BCUT2D eigenvalue weighted by atomic mass is 9.98. The third kappa shape index (κ3) is 4.18. The molecule has 1 saturated heterocycles. The number of ether oxygens (including phenoxy) is 2. The van der Waals surface area contributed by atoms with E-state index in [1.165, 1.54) is 23.6 Å². The van der Waals surface area contributed by atoms with Crippen molar-refractivity contribution in [1.29, 1.82) is 0 Å². The molecule has 0 spiro atoms. The van der Waals surface area contributed by atoms with Gasteiger partial charge in [-0.1, -0.05) is 13.3 Å². The number of hydrogen-bond donors (Lipinski definition) is 2. The third-order valence-electron chi connectivity index (χ3n) is 4.02. The van der Waals surface area contributed by atoms with Crippen LogP contribution in [0.2, 0.25) is 0 Å². The molecule has 1 aliphatic rings. The van der Waals surface area contributed by atoms with Crippen molar-refractivity contribution in [1.82, 2.24) is 10.4 Å². The molecule has 1 fully saturated rings. The lowest BCUT2D eigenvalue weighted by Gasteiger charge is -2.39. The molecule has 2 N–H and O–H groups in total. The van der Waals surface area contributed by atoms with Crippen LogP contribution in [0.4, 0.5) is 13.2 Å². The van der Waals surface area contributed by atoms with E-state index in [0.717, 1.165) is 6.07 Å². The van der Waals surface area contributed by atoms with Gasteiger partial charge in [-0.25, -0.2) is 5.48 Å². The minimum absolute atomic E-state index is 0.0519. The molecule has 1 aliphatic heterocycles. The van der Waals surface area contributed by atoms with Crippen molar-refractivity contribution in [3.05, 3.63) is 23.3 Å². The molecule has 144 valence electrons. The first-order valence-corrected chi connectivity index (χ1v) is 7.93. The van der Waals surface area contributed by atoms with Gasteiger partial charge in [0.1, 0.15) is 6.04 Å². The van der Waals surface area contributed by atoms with E-state index >= 15 is 0 Å². The molecule has 1 aromatic rings. The summed E-state index contributed by atoms with van der Waals surface area (Å²) >= 11 is 0. The minimum atomic E-state index is -4.95. The Labute approximate surface area is 147 Å². The zero-order valence-electron chi connectivity index (χ0n) is 14.2. The number of nitrogens with one attached hydrogen (secondary N) is 1. The molecule has 0 bridgehead atoms. The van der Waals surface area contributed by atoms with Gasteiger partial charge in [-0.3, -0.25) is 14.8 Å². The summed E-state index contributed by atoms with van der Waals surface area (Å²) in [6.45, 7) is 2.08. The number of rotatable bonds is 6. The first kappa shape index (κ1) is 19.8. The summed E-state index contributed by atoms with van der Waals surface area (Å²) in [5, 5.41) is 8.70. The summed E-state index contributed by atoms with van der Waals surface area (Å²) in [6.07, 6.45) is -3.62. The van der Waals surface area contributed by atoms with Gasteiger partial charge in [0.15, 0.2) is 11.5 Å². The second kappa shape index (κ2) is 7.81. The first-order valence-electron chi connectivity index (χ1n) is 7.93. The quantitative estimate of drug-likeness (QED) is 0.587. The number of aryl methyl sites for hydroxylation is 1. The van der Waals surface area contributed by atoms with Gasteiger partial charge in [0, 0.05) is 12.1 Å². The maximum Gasteiger partial charge on any atom is 0.573 e. The van der Waals surface area contributed by atoms with Crippen LogP contribution in [0.1, 0.15) is 35.7 Å². The predicted molar refractivity (Wildman–Crippen MR) is 83.0 cm³/mol. The number of benzene rings is 1. The molecule has 0 unspecified atom stereocenters. The van der Waals surface area contributed by atoms with Crippen molar-refractivity contribution in [2.75, 3.05) is 13.7 Å². The predicted octanol–water partition coefficient (Wildman–Crippen LogP) is 2.27. The minimum Gasteiger partial charge on any atom is -0.493 e. The number of carbonyl (C=O) groups is 2. The van der Waals surface area contributed by atoms with E-state index in [9.17, 15) is 22.8 Å². The van der Waals surface area contributed by atoms with E-state index in [1.807, 2.05) is 6.92 Å². The van der Waals surface area contributed by atoms with Crippen LogP contribution in [-0.2, 0) is 11.2 Å². The highest BCUT2D eigenvalue weighted by atomic mass is 19.4. The van der Waals surface area contributed by atoms with Crippen LogP contribution in [-0.4, -0.2) is 48.0 Å². The second-order valence-corrected chi connectivity index (χ2v) is 5.74. The van der Waals surface area contributed by atoms with Crippen LogP contribution >= 0.6 is 0 Å². The van der Waals surface area contributed by atoms with Crippen LogP contribution in [0.3, 0.4) is 0 Å². The zero-order valence-corrected chi connectivity index (χ0v) is 14.2. The largest absolute Gasteiger partial charge is 0.573 e. The molecule has 2 rings (SSSR count). The van der Waals surface area contributed by atoms with E-state index in [0.29, 0.717) is 24.8 Å². The zero-order chi connectivity index (χ0) is 19.5. The van der Waals surface area contributed by atoms with E-state index in [-0.39, 0.29) is 17.9 Å². The highest BCUT2D eigenvalue weighted by molar-refractivity contribution is 5.99. The summed E-state index contributed by atoms with van der Waals surface area (Å²) in [5.41, 5.74) is 1.81. The van der Waals surface area contributed by atoms with Crippen LogP contribution < -0.4 is 15.0 Å². The number of carbonyl (C=O) groups excluding carboxylic acids is 2. The van der Waals surface area contributed by atoms with Crippen LogP contribution in [0.5, 0.6) is 11.5 Å². The lowest BCUT2D eigenvalue weighted by molar-refractivity contribution is -0.275. The summed E-state index contributed by atoms with van der Waals surface area (Å²) in [4.78, 5) is 25.3. The van der Waals surface area contributed by atoms with Crippen molar-refractivity contribution < 1.29 is 37.4 Å². The second-order valence-electron chi connectivity index (χ2n) is 5.74. The van der Waals surface area contributed by atoms with Crippen LogP contribution in [0.15, 0.2) is 12.1 Å². The Morgan fingerprint density at radius 2 is 2.08 bits per heavy atom. The molecule has 0 aliphatic carbocycles. The molecule has 2 amide bonds. The fourth-order valence-electron chi connectivity index (χ4n) is 2.81. The Kier molecular flexibility index (Phi) is 5.96. The van der Waals surface area contributed by atoms with E-state index in [2.05, 4.69) is 4.74 Å².